The van der Waals surface area contributed by atoms with Crippen LogP contribution in [0.2, 0.25) is 0 Å². The van der Waals surface area contributed by atoms with Crippen LogP contribution in [0.15, 0.2) is 41.8 Å². The quantitative estimate of drug-likeness (QED) is 0.680. The highest BCUT2D eigenvalue weighted by atomic mass is 32.1. The molecule has 1 aliphatic carbocycles. The maximum atomic E-state index is 12.3. The Bertz CT molecular complexity index is 929. The maximum absolute atomic E-state index is 12.3. The third kappa shape index (κ3) is 3.88. The number of nitrogens with zero attached hydrogens (tertiary/aromatic N) is 3. The first-order valence-electron chi connectivity index (χ1n) is 9.19. The van der Waals surface area contributed by atoms with Crippen molar-refractivity contribution in [2.75, 3.05) is 5.32 Å². The van der Waals surface area contributed by atoms with E-state index in [-0.39, 0.29) is 17.9 Å². The summed E-state index contributed by atoms with van der Waals surface area (Å²) in [6.45, 7) is 3.89. The summed E-state index contributed by atoms with van der Waals surface area (Å²) in [6.07, 6.45) is 3.09. The fraction of sp³-hybridized carbons (Fsp3) is 0.350. The van der Waals surface area contributed by atoms with E-state index in [9.17, 15) is 4.79 Å². The SMILES string of the molecule is CC(C)Oc1nc(-c2cccs2)n(-c2cccc(NC(=O)C3CCC3)c2)n1. The zero-order valence-corrected chi connectivity index (χ0v) is 16.2. The van der Waals surface area contributed by atoms with Crippen molar-refractivity contribution in [2.45, 2.75) is 39.2 Å². The lowest BCUT2D eigenvalue weighted by Crippen LogP contribution is -2.28. The first kappa shape index (κ1) is 17.7. The second-order valence-corrected chi connectivity index (χ2v) is 7.89. The molecule has 1 N–H and O–H groups in total. The largest absolute Gasteiger partial charge is 0.460 e. The number of hydrogen-bond donors (Lipinski definition) is 1. The predicted octanol–water partition coefficient (Wildman–Crippen LogP) is 4.52. The Hall–Kier alpha value is -2.67. The van der Waals surface area contributed by atoms with Gasteiger partial charge in [0, 0.05) is 11.6 Å². The van der Waals surface area contributed by atoms with Gasteiger partial charge in [-0.2, -0.15) is 4.98 Å². The summed E-state index contributed by atoms with van der Waals surface area (Å²) in [4.78, 5) is 17.8. The highest BCUT2D eigenvalue weighted by Crippen LogP contribution is 2.30. The van der Waals surface area contributed by atoms with Gasteiger partial charge in [-0.25, -0.2) is 4.68 Å². The lowest BCUT2D eigenvalue weighted by Gasteiger charge is -2.24. The highest BCUT2D eigenvalue weighted by Gasteiger charge is 2.25. The van der Waals surface area contributed by atoms with Gasteiger partial charge >= 0.3 is 6.01 Å². The van der Waals surface area contributed by atoms with Crippen LogP contribution in [0.1, 0.15) is 33.1 Å². The van der Waals surface area contributed by atoms with E-state index in [0.717, 1.165) is 41.3 Å². The predicted molar refractivity (Wildman–Crippen MR) is 106 cm³/mol. The number of carbonyl (C=O) groups excluding carboxylic acids is 1. The van der Waals surface area contributed by atoms with Crippen LogP contribution in [-0.4, -0.2) is 26.8 Å². The minimum Gasteiger partial charge on any atom is -0.460 e. The summed E-state index contributed by atoms with van der Waals surface area (Å²) in [5.74, 6) is 0.968. The van der Waals surface area contributed by atoms with Gasteiger partial charge in [-0.3, -0.25) is 4.79 Å². The van der Waals surface area contributed by atoms with Gasteiger partial charge in [0.05, 0.1) is 16.7 Å². The van der Waals surface area contributed by atoms with Gasteiger partial charge in [-0.1, -0.05) is 18.6 Å². The fourth-order valence-corrected chi connectivity index (χ4v) is 3.63. The van der Waals surface area contributed by atoms with Crippen LogP contribution in [0.3, 0.4) is 0 Å². The molecule has 1 fully saturated rings. The van der Waals surface area contributed by atoms with Crippen LogP contribution in [0, 0.1) is 5.92 Å². The Labute approximate surface area is 162 Å². The number of carbonyl (C=O) groups is 1. The highest BCUT2D eigenvalue weighted by molar-refractivity contribution is 7.13. The maximum Gasteiger partial charge on any atom is 0.336 e. The molecule has 0 aliphatic heterocycles. The molecule has 0 saturated heterocycles. The van der Waals surface area contributed by atoms with Crippen LogP contribution in [-0.2, 0) is 4.79 Å². The van der Waals surface area contributed by atoms with Crippen LogP contribution < -0.4 is 10.1 Å². The molecule has 1 amide bonds. The Morgan fingerprint density at radius 1 is 1.30 bits per heavy atom. The third-order valence-corrected chi connectivity index (χ3v) is 5.37. The minimum atomic E-state index is -0.00913. The van der Waals surface area contributed by atoms with Crippen molar-refractivity contribution in [1.82, 2.24) is 14.8 Å². The zero-order chi connectivity index (χ0) is 18.8. The Morgan fingerprint density at radius 2 is 2.15 bits per heavy atom. The fourth-order valence-electron chi connectivity index (χ4n) is 2.93. The first-order valence-corrected chi connectivity index (χ1v) is 10.1. The molecule has 6 nitrogen and oxygen atoms in total. The third-order valence-electron chi connectivity index (χ3n) is 4.50. The monoisotopic (exact) mass is 382 g/mol. The van der Waals surface area contributed by atoms with E-state index >= 15 is 0 Å². The molecule has 1 aromatic carbocycles. The number of hydrogen-bond acceptors (Lipinski definition) is 5. The second kappa shape index (κ2) is 7.52. The standard InChI is InChI=1S/C20H22N4O2S/c1-13(2)26-20-22-18(17-10-5-11-27-17)24(23-20)16-9-4-8-15(12-16)21-19(25)14-6-3-7-14/h4-5,8-14H,3,6-7H2,1-2H3,(H,21,25). The van der Waals surface area contributed by atoms with Crippen molar-refractivity contribution in [3.63, 3.8) is 0 Å². The molecule has 1 saturated carbocycles. The first-order chi connectivity index (χ1) is 13.1. The summed E-state index contributed by atoms with van der Waals surface area (Å²) in [6, 6.07) is 12.0. The van der Waals surface area contributed by atoms with E-state index in [1.54, 1.807) is 16.0 Å². The molecular weight excluding hydrogens is 360 g/mol. The molecule has 0 bridgehead atoms. The smallest absolute Gasteiger partial charge is 0.336 e. The van der Waals surface area contributed by atoms with Crippen LogP contribution >= 0.6 is 11.3 Å². The molecule has 0 spiro atoms. The summed E-state index contributed by atoms with van der Waals surface area (Å²) in [5, 5.41) is 9.56. The number of anilines is 1. The number of thiophene rings is 1. The number of aromatic nitrogens is 3. The van der Waals surface area contributed by atoms with Gasteiger partial charge < -0.3 is 10.1 Å². The normalized spacial score (nSPS) is 14.2. The van der Waals surface area contributed by atoms with E-state index in [2.05, 4.69) is 15.4 Å². The van der Waals surface area contributed by atoms with Crippen LogP contribution in [0.25, 0.3) is 16.4 Å². The second-order valence-electron chi connectivity index (χ2n) is 6.94. The summed E-state index contributed by atoms with van der Waals surface area (Å²) in [5.41, 5.74) is 1.60. The average molecular weight is 382 g/mol. The van der Waals surface area contributed by atoms with E-state index in [4.69, 9.17) is 4.74 Å². The van der Waals surface area contributed by atoms with Crippen molar-refractivity contribution in [2.24, 2.45) is 5.92 Å². The van der Waals surface area contributed by atoms with Gasteiger partial charge in [0.25, 0.3) is 0 Å². The molecule has 2 aromatic heterocycles. The molecular formula is C20H22N4O2S. The zero-order valence-electron chi connectivity index (χ0n) is 15.4. The van der Waals surface area contributed by atoms with Gasteiger partial charge in [0.2, 0.25) is 5.91 Å². The number of nitrogens with one attached hydrogen (secondary N) is 1. The van der Waals surface area contributed by atoms with E-state index in [0.29, 0.717) is 6.01 Å². The number of benzene rings is 1. The molecule has 3 aromatic rings. The van der Waals surface area contributed by atoms with E-state index in [1.807, 2.05) is 55.6 Å². The van der Waals surface area contributed by atoms with Crippen LogP contribution in [0.5, 0.6) is 6.01 Å². The lowest BCUT2D eigenvalue weighted by molar-refractivity contribution is -0.122. The summed E-state index contributed by atoms with van der Waals surface area (Å²) < 4.78 is 7.46. The molecule has 0 atom stereocenters. The van der Waals surface area contributed by atoms with E-state index in [1.165, 1.54) is 0 Å². The van der Waals surface area contributed by atoms with Gasteiger partial charge in [-0.15, -0.1) is 16.4 Å². The van der Waals surface area contributed by atoms with Crippen molar-refractivity contribution in [3.8, 4) is 22.4 Å². The molecule has 27 heavy (non-hydrogen) atoms. The van der Waals surface area contributed by atoms with Crippen molar-refractivity contribution >= 4 is 22.9 Å². The molecule has 0 unspecified atom stereocenters. The van der Waals surface area contributed by atoms with Gasteiger partial charge in [0.1, 0.15) is 0 Å². The van der Waals surface area contributed by atoms with Crippen molar-refractivity contribution in [1.29, 1.82) is 0 Å². The molecule has 0 radical (unpaired) electrons. The molecule has 1 aliphatic rings. The minimum absolute atomic E-state index is 0.00913. The Kier molecular flexibility index (Phi) is 4.94. The molecule has 140 valence electrons. The van der Waals surface area contributed by atoms with Gasteiger partial charge in [0.15, 0.2) is 5.82 Å². The average Bonchev–Trinajstić information content (AvgIpc) is 3.22. The van der Waals surface area contributed by atoms with Gasteiger partial charge in [-0.05, 0) is 56.3 Å². The Morgan fingerprint density at radius 3 is 2.81 bits per heavy atom. The lowest BCUT2D eigenvalue weighted by atomic mass is 9.85. The van der Waals surface area contributed by atoms with Crippen molar-refractivity contribution in [3.05, 3.63) is 41.8 Å². The molecule has 4 rings (SSSR count). The number of ether oxygens (including phenoxy) is 1. The van der Waals surface area contributed by atoms with Crippen molar-refractivity contribution < 1.29 is 9.53 Å². The van der Waals surface area contributed by atoms with E-state index < -0.39 is 0 Å². The number of rotatable bonds is 6. The number of amides is 1. The summed E-state index contributed by atoms with van der Waals surface area (Å²) in [7, 11) is 0. The Balaban J connectivity index is 1.66. The van der Waals surface area contributed by atoms with Crippen LogP contribution in [0.4, 0.5) is 5.69 Å². The molecule has 7 heteroatoms. The molecule has 2 heterocycles. The topological polar surface area (TPSA) is 69.0 Å². The summed E-state index contributed by atoms with van der Waals surface area (Å²) >= 11 is 1.60.